The lowest BCUT2D eigenvalue weighted by Crippen LogP contribution is -2.40. The first-order valence-electron chi connectivity index (χ1n) is 6.06. The predicted octanol–water partition coefficient (Wildman–Crippen LogP) is 2.42. The van der Waals surface area contributed by atoms with Crippen molar-refractivity contribution < 1.29 is 23.1 Å². The van der Waals surface area contributed by atoms with Gasteiger partial charge in [-0.05, 0) is 36.4 Å². The molecule has 3 unspecified atom stereocenters. The molecular formula is C11H16F3NO2S. The Hall–Kier alpha value is -0.430. The van der Waals surface area contributed by atoms with Crippen LogP contribution in [0.3, 0.4) is 0 Å². The molecule has 1 heterocycles. The lowest BCUT2D eigenvalue weighted by Gasteiger charge is -2.24. The van der Waals surface area contributed by atoms with Gasteiger partial charge in [0, 0.05) is 18.8 Å². The molecule has 7 heteroatoms. The Kier molecular flexibility index (Phi) is 4.11. The third-order valence-corrected chi connectivity index (χ3v) is 4.60. The van der Waals surface area contributed by atoms with Crippen LogP contribution in [0.5, 0.6) is 0 Å². The fraction of sp³-hybridized carbons (Fsp3) is 0.909. The Balaban J connectivity index is 1.90. The molecule has 2 aliphatic rings. The molecule has 1 saturated carbocycles. The molecule has 0 radical (unpaired) electrons. The molecule has 0 spiro atoms. The molecule has 1 N–H and O–H groups in total. The van der Waals surface area contributed by atoms with Crippen LogP contribution < -0.4 is 0 Å². The van der Waals surface area contributed by atoms with Crippen LogP contribution >= 0.6 is 11.8 Å². The first kappa shape index (κ1) is 14.0. The maximum Gasteiger partial charge on any atom is 0.441 e. The molecule has 0 bridgehead atoms. The molecule has 0 aromatic rings. The molecule has 0 aromatic carbocycles. The van der Waals surface area contributed by atoms with Crippen LogP contribution in [-0.2, 0) is 4.79 Å². The minimum atomic E-state index is -4.23. The van der Waals surface area contributed by atoms with Crippen molar-refractivity contribution in [2.45, 2.75) is 30.8 Å². The predicted molar refractivity (Wildman–Crippen MR) is 62.3 cm³/mol. The number of hydrogen-bond donors (Lipinski definition) is 1. The highest BCUT2D eigenvalue weighted by molar-refractivity contribution is 8.00. The number of carboxylic acids is 1. The lowest BCUT2D eigenvalue weighted by molar-refractivity contribution is -0.143. The van der Waals surface area contributed by atoms with E-state index in [1.54, 1.807) is 4.90 Å². The van der Waals surface area contributed by atoms with Gasteiger partial charge in [-0.15, -0.1) is 0 Å². The second-order valence-corrected chi connectivity index (χ2v) is 6.09. The van der Waals surface area contributed by atoms with Crippen LogP contribution in [-0.4, -0.2) is 46.4 Å². The molecule has 0 aromatic heterocycles. The number of alkyl halides is 3. The highest BCUT2D eigenvalue weighted by Gasteiger charge is 2.47. The van der Waals surface area contributed by atoms with E-state index in [9.17, 15) is 23.1 Å². The zero-order chi connectivity index (χ0) is 13.3. The molecule has 2 fully saturated rings. The van der Waals surface area contributed by atoms with Gasteiger partial charge >= 0.3 is 11.5 Å². The van der Waals surface area contributed by atoms with Gasteiger partial charge in [-0.1, -0.05) is 6.42 Å². The average molecular weight is 283 g/mol. The van der Waals surface area contributed by atoms with Crippen molar-refractivity contribution in [3.8, 4) is 0 Å². The summed E-state index contributed by atoms with van der Waals surface area (Å²) in [6.45, 7) is 0.841. The third-order valence-electron chi connectivity index (χ3n) is 3.88. The summed E-state index contributed by atoms with van der Waals surface area (Å²) in [5.74, 6) is -0.478. The molecule has 18 heavy (non-hydrogen) atoms. The minimum absolute atomic E-state index is 0.0724. The van der Waals surface area contributed by atoms with E-state index in [1.165, 1.54) is 0 Å². The van der Waals surface area contributed by atoms with Crippen LogP contribution in [0.25, 0.3) is 0 Å². The molecular weight excluding hydrogens is 267 g/mol. The summed E-state index contributed by atoms with van der Waals surface area (Å²) >= 11 is -0.0724. The maximum absolute atomic E-state index is 12.0. The largest absolute Gasteiger partial charge is 0.480 e. The summed E-state index contributed by atoms with van der Waals surface area (Å²) in [6.07, 6.45) is 2.95. The van der Waals surface area contributed by atoms with Gasteiger partial charge in [0.25, 0.3) is 0 Å². The Morgan fingerprint density at radius 2 is 2.11 bits per heavy atom. The number of rotatable bonds is 4. The smallest absolute Gasteiger partial charge is 0.441 e. The number of halogens is 3. The monoisotopic (exact) mass is 283 g/mol. The quantitative estimate of drug-likeness (QED) is 0.860. The van der Waals surface area contributed by atoms with E-state index < -0.39 is 17.5 Å². The highest BCUT2D eigenvalue weighted by Crippen LogP contribution is 2.42. The van der Waals surface area contributed by atoms with Crippen LogP contribution in [0.4, 0.5) is 13.2 Å². The fourth-order valence-corrected chi connectivity index (χ4v) is 3.80. The van der Waals surface area contributed by atoms with E-state index in [1.807, 2.05) is 0 Å². The zero-order valence-electron chi connectivity index (χ0n) is 9.82. The normalized spacial score (nSPS) is 32.7. The van der Waals surface area contributed by atoms with Crippen LogP contribution in [0.2, 0.25) is 0 Å². The van der Waals surface area contributed by atoms with Gasteiger partial charge in [0.1, 0.15) is 6.04 Å². The Morgan fingerprint density at radius 1 is 1.39 bits per heavy atom. The molecule has 1 saturated heterocycles. The number of hydrogen-bond acceptors (Lipinski definition) is 3. The molecule has 104 valence electrons. The summed E-state index contributed by atoms with van der Waals surface area (Å²) in [5, 5.41) is 9.22. The standard InChI is InChI=1S/C11H16F3NO2S/c12-11(13,14)18-5-4-15-6-7-2-1-3-8(7)9(15)10(16)17/h7-9H,1-6H2,(H,16,17). The summed E-state index contributed by atoms with van der Waals surface area (Å²) in [4.78, 5) is 13.0. The van der Waals surface area contributed by atoms with E-state index in [0.717, 1.165) is 19.3 Å². The number of fused-ring (bicyclic) bond motifs is 1. The first-order valence-corrected chi connectivity index (χ1v) is 7.04. The van der Waals surface area contributed by atoms with Crippen LogP contribution in [0, 0.1) is 11.8 Å². The lowest BCUT2D eigenvalue weighted by atomic mass is 9.94. The van der Waals surface area contributed by atoms with Crippen molar-refractivity contribution in [3.63, 3.8) is 0 Å². The second kappa shape index (κ2) is 5.28. The van der Waals surface area contributed by atoms with Gasteiger partial charge in [0.15, 0.2) is 0 Å². The van der Waals surface area contributed by atoms with Crippen molar-refractivity contribution in [2.75, 3.05) is 18.8 Å². The maximum atomic E-state index is 12.0. The number of aliphatic carboxylic acids is 1. The molecule has 3 atom stereocenters. The molecule has 0 amide bonds. The molecule has 2 rings (SSSR count). The number of carbonyl (C=O) groups is 1. The first-order chi connectivity index (χ1) is 8.38. The average Bonchev–Trinajstić information content (AvgIpc) is 2.73. The van der Waals surface area contributed by atoms with E-state index in [-0.39, 0.29) is 30.0 Å². The molecule has 1 aliphatic heterocycles. The third kappa shape index (κ3) is 3.12. The van der Waals surface area contributed by atoms with Crippen LogP contribution in [0.15, 0.2) is 0 Å². The Bertz CT molecular complexity index is 324. The van der Waals surface area contributed by atoms with E-state index in [2.05, 4.69) is 0 Å². The number of likely N-dealkylation sites (tertiary alicyclic amines) is 1. The molecule has 3 nitrogen and oxygen atoms in total. The van der Waals surface area contributed by atoms with Crippen molar-refractivity contribution in [1.29, 1.82) is 0 Å². The summed E-state index contributed by atoms with van der Waals surface area (Å²) in [6, 6.07) is -0.577. The van der Waals surface area contributed by atoms with Crippen molar-refractivity contribution in [2.24, 2.45) is 11.8 Å². The van der Waals surface area contributed by atoms with E-state index >= 15 is 0 Å². The summed E-state index contributed by atoms with van der Waals surface area (Å²) in [5.41, 5.74) is -4.23. The topological polar surface area (TPSA) is 40.5 Å². The van der Waals surface area contributed by atoms with Gasteiger partial charge in [-0.2, -0.15) is 13.2 Å². The Labute approximate surface area is 108 Å². The van der Waals surface area contributed by atoms with E-state index in [4.69, 9.17) is 0 Å². The van der Waals surface area contributed by atoms with Crippen molar-refractivity contribution in [1.82, 2.24) is 4.90 Å². The molecule has 1 aliphatic carbocycles. The van der Waals surface area contributed by atoms with Crippen molar-refractivity contribution in [3.05, 3.63) is 0 Å². The highest BCUT2D eigenvalue weighted by atomic mass is 32.2. The van der Waals surface area contributed by atoms with Gasteiger partial charge in [-0.3, -0.25) is 9.69 Å². The summed E-state index contributed by atoms with van der Waals surface area (Å²) < 4.78 is 36.1. The van der Waals surface area contributed by atoms with Crippen molar-refractivity contribution >= 4 is 17.7 Å². The number of thioether (sulfide) groups is 1. The number of nitrogens with zero attached hydrogens (tertiary/aromatic N) is 1. The summed E-state index contributed by atoms with van der Waals surface area (Å²) in [7, 11) is 0. The van der Waals surface area contributed by atoms with E-state index in [0.29, 0.717) is 12.5 Å². The number of carboxylic acid groups (broad SMARTS) is 1. The second-order valence-electron chi connectivity index (χ2n) is 4.93. The van der Waals surface area contributed by atoms with Gasteiger partial charge in [-0.25, -0.2) is 0 Å². The van der Waals surface area contributed by atoms with Gasteiger partial charge in [0.05, 0.1) is 0 Å². The SMILES string of the molecule is O=C(O)C1C2CCCC2CN1CCSC(F)(F)F. The minimum Gasteiger partial charge on any atom is -0.480 e. The zero-order valence-corrected chi connectivity index (χ0v) is 10.6. The van der Waals surface area contributed by atoms with Crippen LogP contribution in [0.1, 0.15) is 19.3 Å². The van der Waals surface area contributed by atoms with Gasteiger partial charge < -0.3 is 5.11 Å². The fourth-order valence-electron chi connectivity index (χ4n) is 3.24. The Morgan fingerprint density at radius 3 is 2.72 bits per heavy atom. The van der Waals surface area contributed by atoms with Gasteiger partial charge in [0.2, 0.25) is 0 Å².